The molecule has 5 nitrogen and oxygen atoms in total. The molecule has 0 saturated carbocycles. The summed E-state index contributed by atoms with van der Waals surface area (Å²) in [4.78, 5) is 25.6. The van der Waals surface area contributed by atoms with E-state index in [1.54, 1.807) is 17.4 Å². The molecule has 4 rings (SSSR count). The molecule has 3 heterocycles. The Kier molecular flexibility index (Phi) is 3.66. The zero-order valence-corrected chi connectivity index (χ0v) is 14.1. The zero-order chi connectivity index (χ0) is 16.7. The molecule has 7 heteroatoms. The summed E-state index contributed by atoms with van der Waals surface area (Å²) in [5.41, 5.74) is 3.36. The van der Waals surface area contributed by atoms with Crippen molar-refractivity contribution in [2.45, 2.75) is 6.42 Å². The molecule has 0 atom stereocenters. The summed E-state index contributed by atoms with van der Waals surface area (Å²) >= 11 is 6.51. The number of fused-ring (bicyclic) bond motifs is 1. The second kappa shape index (κ2) is 5.85. The molecule has 0 unspecified atom stereocenters. The molecule has 120 valence electrons. The standard InChI is InChI=1S/C17H13N3O2S2/c21-15-12-3-1-10(7-9(12)5-6-18-15)14-4-2-11(24-14)8-13-16(22)20-17(23)19-13/h1-4,7-8H,5-6H2,(H,18,21)(H2,19,20,22,23)/b13-8-. The predicted molar refractivity (Wildman–Crippen MR) is 97.6 cm³/mol. The number of hydrogen-bond acceptors (Lipinski definition) is 4. The van der Waals surface area contributed by atoms with E-state index in [4.69, 9.17) is 12.2 Å². The van der Waals surface area contributed by atoms with Crippen molar-refractivity contribution in [3.8, 4) is 10.4 Å². The minimum Gasteiger partial charge on any atom is -0.352 e. The molecule has 2 amide bonds. The van der Waals surface area contributed by atoms with Crippen LogP contribution in [-0.2, 0) is 11.2 Å². The van der Waals surface area contributed by atoms with E-state index in [9.17, 15) is 9.59 Å². The van der Waals surface area contributed by atoms with Crippen molar-refractivity contribution in [3.05, 3.63) is 52.0 Å². The van der Waals surface area contributed by atoms with Crippen molar-refractivity contribution >= 4 is 46.6 Å². The Hall–Kier alpha value is -2.51. The van der Waals surface area contributed by atoms with Gasteiger partial charge in [-0.3, -0.25) is 14.9 Å². The second-order valence-corrected chi connectivity index (χ2v) is 7.07. The molecule has 0 spiro atoms. The van der Waals surface area contributed by atoms with Gasteiger partial charge in [0.2, 0.25) is 0 Å². The maximum atomic E-state index is 11.8. The molecule has 2 aromatic rings. The van der Waals surface area contributed by atoms with Crippen molar-refractivity contribution in [3.63, 3.8) is 0 Å². The Morgan fingerprint density at radius 1 is 1.08 bits per heavy atom. The van der Waals surface area contributed by atoms with Gasteiger partial charge in [0.25, 0.3) is 11.8 Å². The van der Waals surface area contributed by atoms with Crippen LogP contribution in [0.3, 0.4) is 0 Å². The van der Waals surface area contributed by atoms with Gasteiger partial charge in [0.1, 0.15) is 5.70 Å². The maximum absolute atomic E-state index is 11.8. The number of hydrogen-bond donors (Lipinski definition) is 3. The van der Waals surface area contributed by atoms with E-state index in [1.165, 1.54) is 0 Å². The summed E-state index contributed by atoms with van der Waals surface area (Å²) < 4.78 is 0. The first kappa shape index (κ1) is 15.0. The number of carbonyl (C=O) groups excluding carboxylic acids is 2. The Morgan fingerprint density at radius 3 is 2.75 bits per heavy atom. The number of amides is 2. The molecule has 1 saturated heterocycles. The van der Waals surface area contributed by atoms with Crippen molar-refractivity contribution in [2.75, 3.05) is 6.54 Å². The molecule has 2 aliphatic rings. The molecule has 1 aromatic heterocycles. The third-order valence-corrected chi connectivity index (χ3v) is 5.23. The van der Waals surface area contributed by atoms with Crippen LogP contribution in [-0.4, -0.2) is 23.5 Å². The van der Waals surface area contributed by atoms with Crippen LogP contribution in [0.2, 0.25) is 0 Å². The highest BCUT2D eigenvalue weighted by Gasteiger charge is 2.20. The largest absolute Gasteiger partial charge is 0.352 e. The average molecular weight is 355 g/mol. The highest BCUT2D eigenvalue weighted by molar-refractivity contribution is 7.80. The minimum atomic E-state index is -0.213. The van der Waals surface area contributed by atoms with Crippen molar-refractivity contribution in [1.29, 1.82) is 0 Å². The number of thiocarbonyl (C=S) groups is 1. The summed E-state index contributed by atoms with van der Waals surface area (Å²) in [6.45, 7) is 0.678. The van der Waals surface area contributed by atoms with E-state index in [-0.39, 0.29) is 11.8 Å². The first-order chi connectivity index (χ1) is 11.6. The van der Waals surface area contributed by atoms with Crippen LogP contribution in [0.15, 0.2) is 36.0 Å². The maximum Gasteiger partial charge on any atom is 0.273 e. The van der Waals surface area contributed by atoms with Gasteiger partial charge in [-0.15, -0.1) is 11.3 Å². The minimum absolute atomic E-state index is 0.00584. The molecule has 0 radical (unpaired) electrons. The van der Waals surface area contributed by atoms with Gasteiger partial charge >= 0.3 is 0 Å². The van der Waals surface area contributed by atoms with Crippen LogP contribution >= 0.6 is 23.6 Å². The summed E-state index contributed by atoms with van der Waals surface area (Å²) in [6, 6.07) is 9.90. The highest BCUT2D eigenvalue weighted by atomic mass is 32.1. The van der Waals surface area contributed by atoms with Crippen LogP contribution in [0.1, 0.15) is 20.8 Å². The zero-order valence-electron chi connectivity index (χ0n) is 12.5. The van der Waals surface area contributed by atoms with E-state index in [0.29, 0.717) is 17.4 Å². The Labute approximate surface area is 147 Å². The first-order valence-electron chi connectivity index (χ1n) is 7.45. The Bertz CT molecular complexity index is 914. The fourth-order valence-electron chi connectivity index (χ4n) is 2.79. The van der Waals surface area contributed by atoms with E-state index < -0.39 is 0 Å². The monoisotopic (exact) mass is 355 g/mol. The molecule has 2 aliphatic heterocycles. The molecule has 1 aromatic carbocycles. The van der Waals surface area contributed by atoms with Crippen molar-refractivity contribution in [2.24, 2.45) is 0 Å². The SMILES string of the molecule is O=C1NC(=S)N/C1=C\c1ccc(-c2ccc3c(c2)CCNC3=O)s1. The molecule has 1 fully saturated rings. The molecule has 0 bridgehead atoms. The number of thiophene rings is 1. The smallest absolute Gasteiger partial charge is 0.273 e. The lowest BCUT2D eigenvalue weighted by molar-refractivity contribution is -0.115. The molecule has 24 heavy (non-hydrogen) atoms. The Morgan fingerprint density at radius 2 is 1.96 bits per heavy atom. The van der Waals surface area contributed by atoms with Crippen molar-refractivity contribution in [1.82, 2.24) is 16.0 Å². The predicted octanol–water partition coefficient (Wildman–Crippen LogP) is 2.05. The number of benzene rings is 1. The van der Waals surface area contributed by atoms with Crippen LogP contribution in [0.4, 0.5) is 0 Å². The van der Waals surface area contributed by atoms with Crippen LogP contribution in [0.25, 0.3) is 16.5 Å². The molecular weight excluding hydrogens is 342 g/mol. The van der Waals surface area contributed by atoms with E-state index in [1.807, 2.05) is 24.3 Å². The van der Waals surface area contributed by atoms with Gasteiger partial charge in [-0.2, -0.15) is 0 Å². The summed E-state index contributed by atoms with van der Waals surface area (Å²) in [5.74, 6) is -0.219. The number of rotatable bonds is 2. The lowest BCUT2D eigenvalue weighted by Gasteiger charge is -2.16. The molecule has 3 N–H and O–H groups in total. The van der Waals surface area contributed by atoms with E-state index in [2.05, 4.69) is 22.0 Å². The number of carbonyl (C=O) groups is 2. The quantitative estimate of drug-likeness (QED) is 0.570. The molecular formula is C17H13N3O2S2. The summed E-state index contributed by atoms with van der Waals surface area (Å²) in [5, 5.41) is 8.56. The lowest BCUT2D eigenvalue weighted by atomic mass is 9.97. The first-order valence-corrected chi connectivity index (χ1v) is 8.68. The van der Waals surface area contributed by atoms with Gasteiger partial charge in [-0.1, -0.05) is 6.07 Å². The van der Waals surface area contributed by atoms with Gasteiger partial charge in [-0.05, 0) is 60.1 Å². The highest BCUT2D eigenvalue weighted by Crippen LogP contribution is 2.31. The topological polar surface area (TPSA) is 70.2 Å². The Balaban J connectivity index is 1.64. The van der Waals surface area contributed by atoms with E-state index >= 15 is 0 Å². The van der Waals surface area contributed by atoms with E-state index in [0.717, 1.165) is 32.9 Å². The lowest BCUT2D eigenvalue weighted by Crippen LogP contribution is -2.31. The second-order valence-electron chi connectivity index (χ2n) is 5.55. The van der Waals surface area contributed by atoms with Crippen LogP contribution in [0.5, 0.6) is 0 Å². The van der Waals surface area contributed by atoms with Crippen LogP contribution < -0.4 is 16.0 Å². The summed E-state index contributed by atoms with van der Waals surface area (Å²) in [6.07, 6.45) is 2.63. The van der Waals surface area contributed by atoms with Gasteiger partial charge in [0.15, 0.2) is 5.11 Å². The van der Waals surface area contributed by atoms with Gasteiger partial charge in [0.05, 0.1) is 0 Å². The van der Waals surface area contributed by atoms with Crippen molar-refractivity contribution < 1.29 is 9.59 Å². The number of nitrogens with one attached hydrogen (secondary N) is 3. The fraction of sp³-hybridized carbons (Fsp3) is 0.118. The average Bonchev–Trinajstić information content (AvgIpc) is 3.14. The third-order valence-electron chi connectivity index (χ3n) is 3.95. The van der Waals surface area contributed by atoms with Gasteiger partial charge in [-0.25, -0.2) is 0 Å². The third kappa shape index (κ3) is 2.72. The van der Waals surface area contributed by atoms with Gasteiger partial charge < -0.3 is 10.6 Å². The fourth-order valence-corrected chi connectivity index (χ4v) is 3.94. The normalized spacial score (nSPS) is 18.2. The summed E-state index contributed by atoms with van der Waals surface area (Å²) in [7, 11) is 0. The van der Waals surface area contributed by atoms with Gasteiger partial charge in [0, 0.05) is 21.9 Å². The molecule has 0 aliphatic carbocycles. The van der Waals surface area contributed by atoms with Crippen LogP contribution in [0, 0.1) is 0 Å².